The summed E-state index contributed by atoms with van der Waals surface area (Å²) in [5.74, 6) is 0. The fourth-order valence-corrected chi connectivity index (χ4v) is 12.1. The van der Waals surface area contributed by atoms with Crippen LogP contribution < -0.4 is 42.6 Å². The van der Waals surface area contributed by atoms with E-state index in [4.69, 9.17) is 8.83 Å². The molecule has 0 fully saturated rings. The molecule has 3 aliphatic rings. The largest absolute Gasteiger partial charge is 0.456 e. The maximum absolute atomic E-state index is 6.79. The van der Waals surface area contributed by atoms with Gasteiger partial charge in [-0.3, -0.25) is 0 Å². The molecule has 6 heteroatoms. The van der Waals surface area contributed by atoms with E-state index in [1.54, 1.807) is 0 Å². The molecule has 13 rings (SSSR count). The molecule has 8 aromatic carbocycles. The first kappa shape index (κ1) is 34.9. The van der Waals surface area contributed by atoms with Gasteiger partial charge in [0.1, 0.15) is 22.3 Å². The first-order valence-electron chi connectivity index (χ1n) is 21.6. The van der Waals surface area contributed by atoms with Crippen LogP contribution in [-0.4, -0.2) is 13.4 Å². The van der Waals surface area contributed by atoms with Crippen LogP contribution in [0.3, 0.4) is 0 Å². The summed E-state index contributed by atoms with van der Waals surface area (Å²) in [7, 11) is 0. The van der Waals surface area contributed by atoms with Crippen molar-refractivity contribution in [3.63, 3.8) is 0 Å². The molecule has 0 radical (unpaired) electrons. The summed E-state index contributed by atoms with van der Waals surface area (Å²) in [5, 5.41) is 4.59. The van der Waals surface area contributed by atoms with E-state index >= 15 is 0 Å². The lowest BCUT2D eigenvalue weighted by Crippen LogP contribution is -2.62. The highest BCUT2D eigenvalue weighted by atomic mass is 16.3. The van der Waals surface area contributed by atoms with Crippen LogP contribution in [-0.2, 0) is 0 Å². The van der Waals surface area contributed by atoms with Crippen LogP contribution in [0.25, 0.3) is 43.9 Å². The van der Waals surface area contributed by atoms with E-state index in [9.17, 15) is 0 Å². The van der Waals surface area contributed by atoms with E-state index in [-0.39, 0.29) is 13.4 Å². The van der Waals surface area contributed by atoms with Gasteiger partial charge < -0.3 is 18.6 Å². The Morgan fingerprint density at radius 2 is 0.820 bits per heavy atom. The highest BCUT2D eigenvalue weighted by molar-refractivity contribution is 7.00. The lowest BCUT2D eigenvalue weighted by molar-refractivity contribution is 0.668. The molecule has 0 bridgehead atoms. The van der Waals surface area contributed by atoms with Crippen molar-refractivity contribution in [3.05, 3.63) is 166 Å². The topological polar surface area (TPSA) is 32.8 Å². The van der Waals surface area contributed by atoms with Crippen molar-refractivity contribution in [2.45, 2.75) is 48.5 Å². The number of hydrogen-bond acceptors (Lipinski definition) is 4. The highest BCUT2D eigenvalue weighted by Gasteiger charge is 2.48. The third-order valence-electron chi connectivity index (χ3n) is 14.1. The number of fused-ring (bicyclic) bond motifs is 14. The summed E-state index contributed by atoms with van der Waals surface area (Å²) in [6.45, 7) is 15.7. The van der Waals surface area contributed by atoms with Crippen LogP contribution in [0.4, 0.5) is 34.1 Å². The molecule has 5 heterocycles. The Kier molecular flexibility index (Phi) is 6.93. The van der Waals surface area contributed by atoms with Crippen LogP contribution >= 0.6 is 0 Å². The van der Waals surface area contributed by atoms with Gasteiger partial charge in [0.15, 0.2) is 0 Å². The molecule has 2 aromatic heterocycles. The Balaban J connectivity index is 1.22. The van der Waals surface area contributed by atoms with E-state index in [1.165, 1.54) is 106 Å². The lowest BCUT2D eigenvalue weighted by Gasteiger charge is -2.49. The van der Waals surface area contributed by atoms with Gasteiger partial charge in [0.25, 0.3) is 0 Å². The minimum absolute atomic E-state index is 0.00650. The maximum atomic E-state index is 6.79. The van der Waals surface area contributed by atoms with Crippen molar-refractivity contribution in [1.82, 2.24) is 0 Å². The normalized spacial score (nSPS) is 13.7. The summed E-state index contributed by atoms with van der Waals surface area (Å²) < 4.78 is 13.5. The molecule has 0 atom stereocenters. The van der Waals surface area contributed by atoms with Gasteiger partial charge in [0, 0.05) is 10.8 Å². The second-order valence-electron chi connectivity index (χ2n) is 18.0. The van der Waals surface area contributed by atoms with E-state index in [2.05, 4.69) is 186 Å². The minimum Gasteiger partial charge on any atom is -0.456 e. The van der Waals surface area contributed by atoms with Crippen LogP contribution in [0.5, 0.6) is 0 Å². The van der Waals surface area contributed by atoms with Crippen molar-refractivity contribution in [3.8, 4) is 0 Å². The van der Waals surface area contributed by atoms with Crippen LogP contribution in [0.1, 0.15) is 38.9 Å². The Bertz CT molecular complexity index is 3570. The number of benzene rings is 8. The van der Waals surface area contributed by atoms with Crippen molar-refractivity contribution in [2.24, 2.45) is 0 Å². The van der Waals surface area contributed by atoms with Gasteiger partial charge >= 0.3 is 0 Å². The number of rotatable bonds is 2. The summed E-state index contributed by atoms with van der Waals surface area (Å²) >= 11 is 0. The van der Waals surface area contributed by atoms with E-state index in [0.717, 1.165) is 43.9 Å². The van der Waals surface area contributed by atoms with Crippen LogP contribution in [0.2, 0.25) is 0 Å². The summed E-state index contributed by atoms with van der Waals surface area (Å²) in [4.78, 5) is 5.23. The molecule has 61 heavy (non-hydrogen) atoms. The second kappa shape index (κ2) is 12.1. The molecule has 290 valence electrons. The number of hydrogen-bond donors (Lipinski definition) is 0. The average Bonchev–Trinajstić information content (AvgIpc) is 3.80. The average molecular weight is 785 g/mol. The van der Waals surface area contributed by atoms with Gasteiger partial charge in [0.05, 0.1) is 44.9 Å². The number of anilines is 6. The van der Waals surface area contributed by atoms with Gasteiger partial charge in [-0.25, -0.2) is 0 Å². The third-order valence-corrected chi connectivity index (χ3v) is 14.1. The van der Waals surface area contributed by atoms with Gasteiger partial charge in [-0.2, -0.15) is 0 Å². The zero-order valence-electron chi connectivity index (χ0n) is 35.5. The molecule has 4 nitrogen and oxygen atoms in total. The number of nitrogens with zero attached hydrogens (tertiary/aromatic N) is 2. The molecule has 0 saturated carbocycles. The molecule has 0 aliphatic carbocycles. The van der Waals surface area contributed by atoms with Crippen molar-refractivity contribution < 1.29 is 8.83 Å². The zero-order chi connectivity index (χ0) is 41.2. The Hall–Kier alpha value is -6.91. The quantitative estimate of drug-likeness (QED) is 0.164. The standard InChI is InChI=1S/C55H42B2N2O2/c1-29-18-19-37-47(28-29)61-46-23-21-41-55(49(37)46)59-43-16-11-13-38-52(43)58(42-15-10-14-39(53(42)59)57(41)51-34(6)26-31(3)27-35(51)7)54-40(56(38)50-32(4)24-30(2)25-33(50)5)20-22-45-48(54)36-12-8-9-17-44(36)60-45/h8-28H,1-7H3. The molecule has 0 unspecified atom stereocenters. The van der Waals surface area contributed by atoms with Crippen LogP contribution in [0, 0.1) is 48.5 Å². The first-order valence-corrected chi connectivity index (χ1v) is 21.6. The van der Waals surface area contributed by atoms with Gasteiger partial charge in [-0.1, -0.05) is 135 Å². The third kappa shape index (κ3) is 4.52. The predicted molar refractivity (Wildman–Crippen MR) is 259 cm³/mol. The van der Waals surface area contributed by atoms with E-state index < -0.39 is 0 Å². The maximum Gasteiger partial charge on any atom is 0.247 e. The number of aryl methyl sites for hydroxylation is 7. The van der Waals surface area contributed by atoms with Gasteiger partial charge in [0.2, 0.25) is 13.4 Å². The molecular formula is C55H42B2N2O2. The van der Waals surface area contributed by atoms with Crippen molar-refractivity contribution >= 4 is 124 Å². The molecule has 10 aromatic rings. The summed E-state index contributed by atoms with van der Waals surface area (Å²) in [5.41, 5.74) is 27.8. The first-order chi connectivity index (χ1) is 29.7. The molecule has 3 aliphatic heterocycles. The SMILES string of the molecule is Cc1cc(C)c(B2c3cccc4c3N(c3cccc5c3N4c3c(ccc4oc6cc(C)ccc6c34)B5c3c(C)cc(C)cc3C)c3c2ccc2oc4ccccc4c32)c(C)c1. The zero-order valence-corrected chi connectivity index (χ0v) is 35.5. The second-order valence-corrected chi connectivity index (χ2v) is 18.0. The highest BCUT2D eigenvalue weighted by Crippen LogP contribution is 2.58. The molecule has 0 spiro atoms. The molecule has 0 amide bonds. The predicted octanol–water partition coefficient (Wildman–Crippen LogP) is 10.6. The molecular weight excluding hydrogens is 742 g/mol. The monoisotopic (exact) mass is 784 g/mol. The minimum atomic E-state index is -0.00764. The van der Waals surface area contributed by atoms with Crippen molar-refractivity contribution in [1.29, 1.82) is 0 Å². The Morgan fingerprint density at radius 1 is 0.361 bits per heavy atom. The van der Waals surface area contributed by atoms with Crippen LogP contribution in [0.15, 0.2) is 136 Å². The van der Waals surface area contributed by atoms with Crippen molar-refractivity contribution in [2.75, 3.05) is 9.80 Å². The smallest absolute Gasteiger partial charge is 0.247 e. The number of furan rings is 2. The Labute approximate surface area is 356 Å². The number of para-hydroxylation sites is 3. The fourth-order valence-electron chi connectivity index (χ4n) is 12.1. The van der Waals surface area contributed by atoms with E-state index in [1.807, 2.05) is 0 Å². The summed E-state index contributed by atoms with van der Waals surface area (Å²) in [6, 6.07) is 47.8. The summed E-state index contributed by atoms with van der Waals surface area (Å²) in [6.07, 6.45) is 0. The lowest BCUT2D eigenvalue weighted by atomic mass is 9.33. The fraction of sp³-hybridized carbons (Fsp3) is 0.127. The van der Waals surface area contributed by atoms with Gasteiger partial charge in [-0.05, 0) is 112 Å². The van der Waals surface area contributed by atoms with Gasteiger partial charge in [-0.15, -0.1) is 0 Å². The molecule has 0 saturated heterocycles. The van der Waals surface area contributed by atoms with E-state index in [0.29, 0.717) is 0 Å². The molecule has 0 N–H and O–H groups in total. The Morgan fingerprint density at radius 3 is 1.34 bits per heavy atom.